The molecule has 1 fully saturated rings. The highest BCUT2D eigenvalue weighted by molar-refractivity contribution is 7.91. The monoisotopic (exact) mass is 604 g/mol. The number of rotatable bonds is 6. The molecule has 2 heterocycles. The molecule has 1 aliphatic heterocycles. The Hall–Kier alpha value is -2.75. The van der Waals surface area contributed by atoms with E-state index in [0.29, 0.717) is 30.7 Å². The first-order valence-electron chi connectivity index (χ1n) is 11.4. The fourth-order valence-electron chi connectivity index (χ4n) is 4.35. The molecule has 0 bridgehead atoms. The molecule has 16 heteroatoms. The summed E-state index contributed by atoms with van der Waals surface area (Å²) in [7, 11) is -8.57. The zero-order chi connectivity index (χ0) is 29.6. The van der Waals surface area contributed by atoms with E-state index in [0.717, 1.165) is 0 Å². The highest BCUT2D eigenvalue weighted by atomic mass is 32.2. The Kier molecular flexibility index (Phi) is 8.42. The summed E-state index contributed by atoms with van der Waals surface area (Å²) in [6.45, 7) is 1.54. The molecule has 1 aromatic heterocycles. The molecule has 0 spiro atoms. The van der Waals surface area contributed by atoms with Gasteiger partial charge in [0.2, 0.25) is 0 Å². The van der Waals surface area contributed by atoms with Crippen LogP contribution in [0, 0.1) is 17.7 Å². The molecule has 1 saturated heterocycles. The molecule has 7 nitrogen and oxygen atoms in total. The number of halogens is 7. The van der Waals surface area contributed by atoms with Crippen LogP contribution in [0.2, 0.25) is 0 Å². The van der Waals surface area contributed by atoms with Gasteiger partial charge in [0.25, 0.3) is 5.91 Å². The van der Waals surface area contributed by atoms with Crippen molar-refractivity contribution in [2.24, 2.45) is 11.8 Å². The van der Waals surface area contributed by atoms with Gasteiger partial charge in [-0.25, -0.2) is 26.2 Å². The fraction of sp³-hybridized carbons (Fsp3) is 0.478. The number of piperidine rings is 1. The van der Waals surface area contributed by atoms with Crippen LogP contribution in [-0.4, -0.2) is 57.7 Å². The van der Waals surface area contributed by atoms with Gasteiger partial charge >= 0.3 is 12.4 Å². The molecule has 0 N–H and O–H groups in total. The Balaban J connectivity index is 1.73. The molecular formula is C23H23F7N2O5S2. The number of sulfone groups is 2. The summed E-state index contributed by atoms with van der Waals surface area (Å²) in [5, 5.41) is 0. The molecule has 1 aromatic carbocycles. The minimum atomic E-state index is -4.95. The number of hydrogen-bond acceptors (Lipinski definition) is 6. The number of pyridine rings is 1. The Labute approximate surface area is 219 Å². The third-order valence-electron chi connectivity index (χ3n) is 6.45. The maximum atomic E-state index is 13.7. The van der Waals surface area contributed by atoms with E-state index in [-0.39, 0.29) is 37.9 Å². The van der Waals surface area contributed by atoms with Crippen LogP contribution in [0.1, 0.15) is 41.4 Å². The van der Waals surface area contributed by atoms with Gasteiger partial charge in [-0.2, -0.15) is 26.3 Å². The van der Waals surface area contributed by atoms with Crippen molar-refractivity contribution >= 4 is 25.6 Å². The van der Waals surface area contributed by atoms with E-state index in [1.165, 1.54) is 4.90 Å². The summed E-state index contributed by atoms with van der Waals surface area (Å²) in [6, 6.07) is 1.40. The lowest BCUT2D eigenvalue weighted by Gasteiger charge is -2.35. The van der Waals surface area contributed by atoms with Crippen LogP contribution in [0.3, 0.4) is 0 Å². The van der Waals surface area contributed by atoms with E-state index < -0.39 is 82.0 Å². The fourth-order valence-corrected chi connectivity index (χ4v) is 6.94. The van der Waals surface area contributed by atoms with Crippen molar-refractivity contribution in [3.63, 3.8) is 0 Å². The van der Waals surface area contributed by atoms with Crippen LogP contribution < -0.4 is 0 Å². The van der Waals surface area contributed by atoms with Crippen molar-refractivity contribution in [3.8, 4) is 0 Å². The number of carbonyl (C=O) groups is 1. The molecule has 216 valence electrons. The van der Waals surface area contributed by atoms with Crippen molar-refractivity contribution < 1.29 is 52.4 Å². The second-order valence-corrected chi connectivity index (χ2v) is 13.4. The second-order valence-electron chi connectivity index (χ2n) is 9.40. The van der Waals surface area contributed by atoms with Crippen molar-refractivity contribution in [1.82, 2.24) is 9.88 Å². The summed E-state index contributed by atoms with van der Waals surface area (Å²) < 4.78 is 142. The first-order valence-corrected chi connectivity index (χ1v) is 14.9. The Morgan fingerprint density at radius 1 is 0.974 bits per heavy atom. The third-order valence-corrected chi connectivity index (χ3v) is 9.48. The maximum Gasteiger partial charge on any atom is 0.417 e. The molecule has 1 atom stereocenters. The topological polar surface area (TPSA) is 101 Å². The lowest BCUT2D eigenvalue weighted by molar-refractivity contribution is -0.138. The molecule has 39 heavy (non-hydrogen) atoms. The van der Waals surface area contributed by atoms with Crippen molar-refractivity contribution in [1.29, 1.82) is 0 Å². The van der Waals surface area contributed by atoms with Crippen LogP contribution >= 0.6 is 0 Å². The molecule has 1 unspecified atom stereocenters. The average molecular weight is 605 g/mol. The lowest BCUT2D eigenvalue weighted by atomic mass is 9.86. The van der Waals surface area contributed by atoms with Gasteiger partial charge in [-0.3, -0.25) is 4.79 Å². The minimum Gasteiger partial charge on any atom is -0.337 e. The molecular weight excluding hydrogens is 581 g/mol. The third kappa shape index (κ3) is 7.26. The normalized spacial score (nSPS) is 16.8. The zero-order valence-corrected chi connectivity index (χ0v) is 22.1. The van der Waals surface area contributed by atoms with Gasteiger partial charge in [0.15, 0.2) is 19.7 Å². The Morgan fingerprint density at radius 3 is 2.05 bits per heavy atom. The van der Waals surface area contributed by atoms with E-state index in [4.69, 9.17) is 0 Å². The van der Waals surface area contributed by atoms with Gasteiger partial charge in [-0.1, -0.05) is 6.92 Å². The first-order chi connectivity index (χ1) is 17.7. The van der Waals surface area contributed by atoms with Gasteiger partial charge < -0.3 is 4.90 Å². The van der Waals surface area contributed by atoms with Gasteiger partial charge in [0, 0.05) is 25.5 Å². The number of hydrogen-bond donors (Lipinski definition) is 0. The number of aromatic nitrogens is 1. The van der Waals surface area contributed by atoms with E-state index in [9.17, 15) is 52.4 Å². The zero-order valence-electron chi connectivity index (χ0n) is 20.5. The summed E-state index contributed by atoms with van der Waals surface area (Å²) in [4.78, 5) is 15.9. The van der Waals surface area contributed by atoms with Gasteiger partial charge in [-0.15, -0.1) is 0 Å². The molecule has 1 amide bonds. The first kappa shape index (κ1) is 30.8. The lowest BCUT2D eigenvalue weighted by Crippen LogP contribution is -2.41. The smallest absolute Gasteiger partial charge is 0.337 e. The van der Waals surface area contributed by atoms with Gasteiger partial charge in [0.05, 0.1) is 26.7 Å². The summed E-state index contributed by atoms with van der Waals surface area (Å²) in [5.74, 6) is -3.80. The standard InChI is InChI=1S/C23H23F7N2O5S2/c1-13(12-39(36,37)18-8-15(22(25,26)27)7-17(24)10-18)14-3-5-32(6-4-14)21(33)20-19(38(2,34)35)9-16(11-31-20)23(28,29)30/h7-11,13-14H,3-6,12H2,1-2H3. The van der Waals surface area contributed by atoms with E-state index in [1.807, 2.05) is 0 Å². The highest BCUT2D eigenvalue weighted by Gasteiger charge is 2.37. The number of alkyl halides is 6. The number of nitrogens with zero attached hydrogens (tertiary/aromatic N) is 2. The number of likely N-dealkylation sites (tertiary alicyclic amines) is 1. The number of amides is 1. The summed E-state index contributed by atoms with van der Waals surface area (Å²) in [6.07, 6.45) is -8.40. The average Bonchev–Trinajstić information content (AvgIpc) is 2.81. The molecule has 3 rings (SSSR count). The van der Waals surface area contributed by atoms with Crippen molar-refractivity contribution in [2.45, 2.75) is 41.9 Å². The van der Waals surface area contributed by atoms with E-state index in [2.05, 4.69) is 4.98 Å². The molecule has 0 radical (unpaired) electrons. The van der Waals surface area contributed by atoms with E-state index in [1.54, 1.807) is 6.92 Å². The van der Waals surface area contributed by atoms with Gasteiger partial charge in [0.1, 0.15) is 11.5 Å². The SMILES string of the molecule is CC(CS(=O)(=O)c1cc(F)cc(C(F)(F)F)c1)C1CCN(C(=O)c2ncc(C(F)(F)F)cc2S(C)(=O)=O)CC1. The highest BCUT2D eigenvalue weighted by Crippen LogP contribution is 2.34. The molecule has 0 saturated carbocycles. The largest absolute Gasteiger partial charge is 0.417 e. The number of benzene rings is 1. The van der Waals surface area contributed by atoms with Crippen molar-refractivity contribution in [3.05, 3.63) is 53.1 Å². The maximum absolute atomic E-state index is 13.7. The molecule has 0 aliphatic carbocycles. The predicted molar refractivity (Wildman–Crippen MR) is 124 cm³/mol. The number of carbonyl (C=O) groups excluding carboxylic acids is 1. The Bertz CT molecular complexity index is 1460. The quantitative estimate of drug-likeness (QED) is 0.446. The molecule has 2 aromatic rings. The van der Waals surface area contributed by atoms with Crippen LogP contribution in [0.4, 0.5) is 30.7 Å². The van der Waals surface area contributed by atoms with Crippen LogP contribution in [-0.2, 0) is 32.0 Å². The summed E-state index contributed by atoms with van der Waals surface area (Å²) in [5.41, 5.74) is -3.45. The van der Waals surface area contributed by atoms with Crippen molar-refractivity contribution in [2.75, 3.05) is 25.1 Å². The van der Waals surface area contributed by atoms with Crippen LogP contribution in [0.5, 0.6) is 0 Å². The predicted octanol–water partition coefficient (Wildman–Crippen LogP) is 4.62. The Morgan fingerprint density at radius 2 is 1.54 bits per heavy atom. The van der Waals surface area contributed by atoms with E-state index >= 15 is 0 Å². The van der Waals surface area contributed by atoms with Crippen LogP contribution in [0.25, 0.3) is 0 Å². The minimum absolute atomic E-state index is 0.00201. The second kappa shape index (κ2) is 10.7. The summed E-state index contributed by atoms with van der Waals surface area (Å²) >= 11 is 0. The van der Waals surface area contributed by atoms with Gasteiger partial charge in [-0.05, 0) is 48.9 Å². The van der Waals surface area contributed by atoms with Crippen LogP contribution in [0.15, 0.2) is 40.3 Å². The molecule has 1 aliphatic rings.